The van der Waals surface area contributed by atoms with Crippen molar-refractivity contribution in [3.63, 3.8) is 0 Å². The van der Waals surface area contributed by atoms with Crippen molar-refractivity contribution >= 4 is 33.5 Å². The van der Waals surface area contributed by atoms with Gasteiger partial charge in [-0.2, -0.15) is 5.10 Å². The lowest BCUT2D eigenvalue weighted by atomic mass is 10.2. The molecule has 0 aliphatic carbocycles. The van der Waals surface area contributed by atoms with Crippen molar-refractivity contribution in [2.24, 2.45) is 5.10 Å². The predicted molar refractivity (Wildman–Crippen MR) is 136 cm³/mol. The Kier molecular flexibility index (Phi) is 8.64. The van der Waals surface area contributed by atoms with Crippen molar-refractivity contribution in [1.29, 1.82) is 0 Å². The second-order valence-electron chi connectivity index (χ2n) is 7.35. The smallest absolute Gasteiger partial charge is 0.311 e. The number of hydrazone groups is 1. The van der Waals surface area contributed by atoms with Crippen LogP contribution in [0.5, 0.6) is 17.2 Å². The number of ether oxygens (including phenoxy) is 3. The van der Waals surface area contributed by atoms with Crippen LogP contribution in [-0.2, 0) is 14.8 Å². The standard InChI is InChI=1S/C24H24N4O8S/c1-34-21-11-9-17(13-20(21)28(30)31)15-25-26-24(29)16-27(37(32,33)19-7-5-4-6-8-19)18-10-12-22(35-2)23(14-18)36-3/h4-15H,16H2,1-3H3,(H,26,29)/b25-15-. The number of methoxy groups -OCH3 is 3. The number of benzene rings is 3. The van der Waals surface area contributed by atoms with Crippen LogP contribution in [0.15, 0.2) is 76.7 Å². The Bertz CT molecular complexity index is 1410. The minimum atomic E-state index is -4.16. The van der Waals surface area contributed by atoms with Gasteiger partial charge in [0.2, 0.25) is 0 Å². The number of anilines is 1. The van der Waals surface area contributed by atoms with E-state index in [1.807, 2.05) is 0 Å². The average Bonchev–Trinajstić information content (AvgIpc) is 2.91. The lowest BCUT2D eigenvalue weighted by Gasteiger charge is -2.24. The van der Waals surface area contributed by atoms with E-state index in [0.717, 1.165) is 4.31 Å². The highest BCUT2D eigenvalue weighted by Crippen LogP contribution is 2.33. The van der Waals surface area contributed by atoms with Crippen LogP contribution in [0.4, 0.5) is 11.4 Å². The van der Waals surface area contributed by atoms with Crippen molar-refractivity contribution in [1.82, 2.24) is 5.43 Å². The highest BCUT2D eigenvalue weighted by atomic mass is 32.2. The summed E-state index contributed by atoms with van der Waals surface area (Å²) in [4.78, 5) is 23.3. The number of nitrogens with one attached hydrogen (secondary N) is 1. The first kappa shape index (κ1) is 26.9. The van der Waals surface area contributed by atoms with E-state index in [0.29, 0.717) is 11.3 Å². The van der Waals surface area contributed by atoms with Crippen LogP contribution in [-0.4, -0.2) is 53.3 Å². The fourth-order valence-electron chi connectivity index (χ4n) is 3.29. The summed E-state index contributed by atoms with van der Waals surface area (Å²) in [5.74, 6) is -0.0323. The van der Waals surface area contributed by atoms with Crippen molar-refractivity contribution in [3.8, 4) is 17.2 Å². The summed E-state index contributed by atoms with van der Waals surface area (Å²) in [6.45, 7) is -0.618. The third-order valence-electron chi connectivity index (χ3n) is 5.08. The highest BCUT2D eigenvalue weighted by Gasteiger charge is 2.28. The molecule has 0 saturated carbocycles. The molecule has 194 valence electrons. The summed E-state index contributed by atoms with van der Waals surface area (Å²) in [5, 5.41) is 15.0. The van der Waals surface area contributed by atoms with Crippen LogP contribution in [0, 0.1) is 10.1 Å². The molecule has 1 amide bonds. The lowest BCUT2D eigenvalue weighted by molar-refractivity contribution is -0.385. The van der Waals surface area contributed by atoms with Gasteiger partial charge in [0, 0.05) is 17.7 Å². The number of amides is 1. The van der Waals surface area contributed by atoms with Gasteiger partial charge in [0.05, 0.1) is 43.1 Å². The summed E-state index contributed by atoms with van der Waals surface area (Å²) >= 11 is 0. The van der Waals surface area contributed by atoms with E-state index in [1.54, 1.807) is 18.2 Å². The van der Waals surface area contributed by atoms with Crippen LogP contribution >= 0.6 is 0 Å². The number of hydrogen-bond acceptors (Lipinski definition) is 9. The number of nitrogens with zero attached hydrogens (tertiary/aromatic N) is 3. The van der Waals surface area contributed by atoms with Gasteiger partial charge in [-0.05, 0) is 36.4 Å². The zero-order valence-corrected chi connectivity index (χ0v) is 21.0. The van der Waals surface area contributed by atoms with Gasteiger partial charge in [-0.1, -0.05) is 18.2 Å². The van der Waals surface area contributed by atoms with Gasteiger partial charge in [-0.3, -0.25) is 19.2 Å². The maximum Gasteiger partial charge on any atom is 0.311 e. The number of sulfonamides is 1. The molecule has 0 aromatic heterocycles. The monoisotopic (exact) mass is 528 g/mol. The quantitative estimate of drug-likeness (QED) is 0.227. The minimum absolute atomic E-state index is 0.0216. The van der Waals surface area contributed by atoms with Crippen LogP contribution in [0.3, 0.4) is 0 Å². The molecule has 37 heavy (non-hydrogen) atoms. The number of nitro benzene ring substituents is 1. The average molecular weight is 529 g/mol. The number of carbonyl (C=O) groups excluding carboxylic acids is 1. The molecule has 12 nitrogen and oxygen atoms in total. The van der Waals surface area contributed by atoms with Crippen molar-refractivity contribution < 1.29 is 32.3 Å². The zero-order valence-electron chi connectivity index (χ0n) is 20.2. The van der Waals surface area contributed by atoms with E-state index in [9.17, 15) is 23.3 Å². The first-order valence-electron chi connectivity index (χ1n) is 10.7. The molecule has 0 saturated heterocycles. The fourth-order valence-corrected chi connectivity index (χ4v) is 4.72. The molecular weight excluding hydrogens is 504 g/mol. The van der Waals surface area contributed by atoms with Gasteiger partial charge in [-0.25, -0.2) is 13.8 Å². The molecule has 3 aromatic rings. The molecular formula is C24H24N4O8S. The highest BCUT2D eigenvalue weighted by molar-refractivity contribution is 7.92. The van der Waals surface area contributed by atoms with Crippen LogP contribution < -0.4 is 23.9 Å². The Morgan fingerprint density at radius 3 is 2.24 bits per heavy atom. The van der Waals surface area contributed by atoms with Gasteiger partial charge >= 0.3 is 5.69 Å². The van der Waals surface area contributed by atoms with E-state index in [-0.39, 0.29) is 27.8 Å². The van der Waals surface area contributed by atoms with E-state index in [4.69, 9.17) is 14.2 Å². The lowest BCUT2D eigenvalue weighted by Crippen LogP contribution is -2.39. The maximum absolute atomic E-state index is 13.4. The molecule has 0 unspecified atom stereocenters. The Hall–Kier alpha value is -4.65. The second-order valence-corrected chi connectivity index (χ2v) is 9.21. The molecule has 0 aliphatic rings. The Morgan fingerprint density at radius 2 is 1.62 bits per heavy atom. The second kappa shape index (κ2) is 11.9. The van der Waals surface area contributed by atoms with Gasteiger partial charge in [-0.15, -0.1) is 0 Å². The van der Waals surface area contributed by atoms with Crippen LogP contribution in [0.1, 0.15) is 5.56 Å². The van der Waals surface area contributed by atoms with Crippen molar-refractivity contribution in [2.45, 2.75) is 4.90 Å². The van der Waals surface area contributed by atoms with Crippen LogP contribution in [0.2, 0.25) is 0 Å². The minimum Gasteiger partial charge on any atom is -0.493 e. The normalized spacial score (nSPS) is 11.1. The number of hydrogen-bond donors (Lipinski definition) is 1. The Balaban J connectivity index is 1.88. The number of rotatable bonds is 11. The summed E-state index contributed by atoms with van der Waals surface area (Å²) < 4.78 is 43.2. The summed E-state index contributed by atoms with van der Waals surface area (Å²) in [6.07, 6.45) is 1.19. The molecule has 0 atom stereocenters. The van der Waals surface area contributed by atoms with E-state index < -0.39 is 27.4 Å². The zero-order chi connectivity index (χ0) is 27.0. The third kappa shape index (κ3) is 6.32. The van der Waals surface area contributed by atoms with Crippen LogP contribution in [0.25, 0.3) is 0 Å². The molecule has 0 fully saturated rings. The third-order valence-corrected chi connectivity index (χ3v) is 6.86. The van der Waals surface area contributed by atoms with Gasteiger partial charge in [0.15, 0.2) is 17.2 Å². The molecule has 0 aliphatic heterocycles. The molecule has 3 rings (SSSR count). The maximum atomic E-state index is 13.4. The molecule has 0 radical (unpaired) electrons. The molecule has 0 spiro atoms. The molecule has 1 N–H and O–H groups in total. The van der Waals surface area contributed by atoms with Crippen molar-refractivity contribution in [3.05, 3.63) is 82.4 Å². The first-order valence-corrected chi connectivity index (χ1v) is 12.1. The summed E-state index contributed by atoms with van der Waals surface area (Å²) in [7, 11) is -0.000193. The Labute approximate surface area is 213 Å². The molecule has 13 heteroatoms. The van der Waals surface area contributed by atoms with E-state index >= 15 is 0 Å². The van der Waals surface area contributed by atoms with Crippen molar-refractivity contribution in [2.75, 3.05) is 32.2 Å². The molecule has 3 aromatic carbocycles. The number of nitro groups is 1. The first-order chi connectivity index (χ1) is 17.7. The van der Waals surface area contributed by atoms with Gasteiger partial charge < -0.3 is 14.2 Å². The number of carbonyl (C=O) groups is 1. The fraction of sp³-hybridized carbons (Fsp3) is 0.167. The largest absolute Gasteiger partial charge is 0.493 e. The summed E-state index contributed by atoms with van der Waals surface area (Å²) in [5.41, 5.74) is 2.46. The van der Waals surface area contributed by atoms with Gasteiger partial charge in [0.1, 0.15) is 6.54 Å². The topological polar surface area (TPSA) is 150 Å². The summed E-state index contributed by atoms with van der Waals surface area (Å²) in [6, 6.07) is 16.2. The van der Waals surface area contributed by atoms with Gasteiger partial charge in [0.25, 0.3) is 15.9 Å². The Morgan fingerprint density at radius 1 is 0.973 bits per heavy atom. The SMILES string of the molecule is COc1ccc(N(CC(=O)N/N=C\c2ccc(OC)c([N+](=O)[O-])c2)S(=O)(=O)c2ccccc2)cc1OC. The molecule has 0 bridgehead atoms. The molecule has 0 heterocycles. The van der Waals surface area contributed by atoms with E-state index in [2.05, 4.69) is 10.5 Å². The predicted octanol–water partition coefficient (Wildman–Crippen LogP) is 2.97. The van der Waals surface area contributed by atoms with E-state index in [1.165, 1.54) is 76.1 Å².